The lowest BCUT2D eigenvalue weighted by Gasteiger charge is -2.18. The van der Waals surface area contributed by atoms with E-state index < -0.39 is 0 Å². The van der Waals surface area contributed by atoms with E-state index in [1.165, 1.54) is 5.56 Å². The first-order valence-electron chi connectivity index (χ1n) is 9.27. The average Bonchev–Trinajstić information content (AvgIpc) is 2.69. The third-order valence-corrected chi connectivity index (χ3v) is 4.76. The van der Waals surface area contributed by atoms with Gasteiger partial charge in [0.1, 0.15) is 17.3 Å². The number of amides is 1. The van der Waals surface area contributed by atoms with E-state index in [1.807, 2.05) is 24.3 Å². The molecular weight excluding hydrogens is 350 g/mol. The number of carbonyl (C=O) groups excluding carboxylic acids is 1. The number of anilines is 2. The van der Waals surface area contributed by atoms with E-state index in [1.54, 1.807) is 37.3 Å². The SMILES string of the molecule is Cc1nc(Nc2cccc(C)c2C)cc(C(=O)N(C)CCc2ccncc2)n1. The van der Waals surface area contributed by atoms with E-state index in [0.717, 1.165) is 23.2 Å². The number of aryl methyl sites for hydroxylation is 2. The molecule has 0 aliphatic rings. The van der Waals surface area contributed by atoms with Crippen LogP contribution in [0, 0.1) is 20.8 Å². The molecule has 2 aromatic heterocycles. The van der Waals surface area contributed by atoms with Crippen molar-refractivity contribution in [2.24, 2.45) is 0 Å². The maximum Gasteiger partial charge on any atom is 0.272 e. The molecule has 3 aromatic rings. The van der Waals surface area contributed by atoms with Crippen molar-refractivity contribution in [1.29, 1.82) is 0 Å². The first-order valence-corrected chi connectivity index (χ1v) is 9.27. The van der Waals surface area contributed by atoms with E-state index in [-0.39, 0.29) is 5.91 Å². The number of hydrogen-bond donors (Lipinski definition) is 1. The number of carbonyl (C=O) groups is 1. The highest BCUT2D eigenvalue weighted by Gasteiger charge is 2.16. The predicted octanol–water partition coefficient (Wildman–Crippen LogP) is 3.86. The Kier molecular flexibility index (Phi) is 5.99. The van der Waals surface area contributed by atoms with E-state index >= 15 is 0 Å². The number of aromatic nitrogens is 3. The number of nitrogens with zero attached hydrogens (tertiary/aromatic N) is 4. The largest absolute Gasteiger partial charge is 0.340 e. The Bertz CT molecular complexity index is 972. The van der Waals surface area contributed by atoms with Crippen LogP contribution in [0.3, 0.4) is 0 Å². The maximum absolute atomic E-state index is 12.8. The van der Waals surface area contributed by atoms with Crippen molar-refractivity contribution in [1.82, 2.24) is 19.9 Å². The molecule has 6 heteroatoms. The Labute approximate surface area is 165 Å². The fraction of sp³-hybridized carbons (Fsp3) is 0.273. The van der Waals surface area contributed by atoms with Crippen LogP contribution in [0.25, 0.3) is 0 Å². The van der Waals surface area contributed by atoms with Crippen LogP contribution in [0.5, 0.6) is 0 Å². The minimum Gasteiger partial charge on any atom is -0.340 e. The Morgan fingerprint density at radius 1 is 1.07 bits per heavy atom. The molecule has 0 atom stereocenters. The molecule has 1 N–H and O–H groups in total. The van der Waals surface area contributed by atoms with E-state index in [9.17, 15) is 4.79 Å². The Hall–Kier alpha value is -3.28. The van der Waals surface area contributed by atoms with E-state index in [4.69, 9.17) is 0 Å². The lowest BCUT2D eigenvalue weighted by atomic mass is 10.1. The molecule has 3 rings (SSSR count). The predicted molar refractivity (Wildman–Crippen MR) is 111 cm³/mol. The summed E-state index contributed by atoms with van der Waals surface area (Å²) in [6, 6.07) is 11.7. The first kappa shape index (κ1) is 19.5. The number of benzene rings is 1. The van der Waals surface area contributed by atoms with Crippen molar-refractivity contribution < 1.29 is 4.79 Å². The lowest BCUT2D eigenvalue weighted by Crippen LogP contribution is -2.30. The fourth-order valence-electron chi connectivity index (χ4n) is 2.91. The van der Waals surface area contributed by atoms with Gasteiger partial charge in [-0.1, -0.05) is 12.1 Å². The number of nitrogens with one attached hydrogen (secondary N) is 1. The summed E-state index contributed by atoms with van der Waals surface area (Å²) >= 11 is 0. The molecule has 0 radical (unpaired) electrons. The third-order valence-electron chi connectivity index (χ3n) is 4.76. The molecule has 0 unspecified atom stereocenters. The normalized spacial score (nSPS) is 10.6. The van der Waals surface area contributed by atoms with Crippen molar-refractivity contribution >= 4 is 17.4 Å². The second-order valence-electron chi connectivity index (χ2n) is 6.89. The molecular formula is C22H25N5O. The van der Waals surface area contributed by atoms with Gasteiger partial charge in [0, 0.05) is 37.7 Å². The lowest BCUT2D eigenvalue weighted by molar-refractivity contribution is 0.0790. The molecule has 0 aliphatic carbocycles. The standard InChI is InChI=1S/C22H25N5O/c1-15-6-5-7-19(16(15)2)26-21-14-20(24-17(3)25-21)22(28)27(4)13-10-18-8-11-23-12-9-18/h5-9,11-12,14H,10,13H2,1-4H3,(H,24,25,26). The number of likely N-dealkylation sites (N-methyl/N-ethyl adjacent to an activating group) is 1. The van der Waals surface area contributed by atoms with Crippen LogP contribution >= 0.6 is 0 Å². The van der Waals surface area contributed by atoms with E-state index in [2.05, 4.69) is 40.2 Å². The summed E-state index contributed by atoms with van der Waals surface area (Å²) in [5.41, 5.74) is 4.86. The first-order chi connectivity index (χ1) is 13.4. The number of pyridine rings is 1. The van der Waals surface area contributed by atoms with Crippen LogP contribution in [0.2, 0.25) is 0 Å². The molecule has 0 saturated carbocycles. The van der Waals surface area contributed by atoms with Crippen LogP contribution in [-0.4, -0.2) is 39.4 Å². The van der Waals surface area contributed by atoms with Crippen LogP contribution in [0.1, 0.15) is 33.0 Å². The minimum atomic E-state index is -0.122. The fourth-order valence-corrected chi connectivity index (χ4v) is 2.91. The van der Waals surface area contributed by atoms with Gasteiger partial charge in [0.2, 0.25) is 0 Å². The summed E-state index contributed by atoms with van der Waals surface area (Å²) in [6.45, 7) is 6.52. The molecule has 0 saturated heterocycles. The van der Waals surface area contributed by atoms with Gasteiger partial charge >= 0.3 is 0 Å². The molecule has 28 heavy (non-hydrogen) atoms. The summed E-state index contributed by atoms with van der Waals surface area (Å²) in [6.07, 6.45) is 4.29. The van der Waals surface area contributed by atoms with Crippen molar-refractivity contribution in [3.63, 3.8) is 0 Å². The second-order valence-corrected chi connectivity index (χ2v) is 6.89. The molecule has 0 spiro atoms. The van der Waals surface area contributed by atoms with Crippen molar-refractivity contribution in [2.75, 3.05) is 18.9 Å². The number of hydrogen-bond acceptors (Lipinski definition) is 5. The third kappa shape index (κ3) is 4.71. The highest BCUT2D eigenvalue weighted by atomic mass is 16.2. The van der Waals surface area contributed by atoms with Crippen molar-refractivity contribution in [2.45, 2.75) is 27.2 Å². The molecule has 2 heterocycles. The van der Waals surface area contributed by atoms with Crippen molar-refractivity contribution in [3.05, 3.63) is 77.0 Å². The summed E-state index contributed by atoms with van der Waals surface area (Å²) in [5, 5.41) is 3.32. The smallest absolute Gasteiger partial charge is 0.272 e. The van der Waals surface area contributed by atoms with Crippen LogP contribution in [-0.2, 0) is 6.42 Å². The van der Waals surface area contributed by atoms with Crippen LogP contribution in [0.4, 0.5) is 11.5 Å². The second kappa shape index (κ2) is 8.61. The highest BCUT2D eigenvalue weighted by molar-refractivity contribution is 5.93. The zero-order chi connectivity index (χ0) is 20.1. The van der Waals surface area contributed by atoms with Gasteiger partial charge in [0.25, 0.3) is 5.91 Å². The topological polar surface area (TPSA) is 71.0 Å². The van der Waals surface area contributed by atoms with Crippen LogP contribution < -0.4 is 5.32 Å². The zero-order valence-corrected chi connectivity index (χ0v) is 16.7. The van der Waals surface area contributed by atoms with E-state index in [0.29, 0.717) is 23.9 Å². The minimum absolute atomic E-state index is 0.122. The van der Waals surface area contributed by atoms with Crippen LogP contribution in [0.15, 0.2) is 48.8 Å². The number of rotatable bonds is 6. The van der Waals surface area contributed by atoms with Gasteiger partial charge in [-0.2, -0.15) is 0 Å². The average molecular weight is 375 g/mol. The zero-order valence-electron chi connectivity index (χ0n) is 16.7. The summed E-state index contributed by atoms with van der Waals surface area (Å²) in [7, 11) is 1.79. The Balaban J connectivity index is 1.74. The quantitative estimate of drug-likeness (QED) is 0.708. The van der Waals surface area contributed by atoms with Gasteiger partial charge < -0.3 is 10.2 Å². The molecule has 0 fully saturated rings. The summed E-state index contributed by atoms with van der Waals surface area (Å²) < 4.78 is 0. The maximum atomic E-state index is 12.8. The molecule has 0 aliphatic heterocycles. The monoisotopic (exact) mass is 375 g/mol. The van der Waals surface area contributed by atoms with Gasteiger partial charge in [0.05, 0.1) is 0 Å². The molecule has 6 nitrogen and oxygen atoms in total. The Morgan fingerprint density at radius 2 is 1.82 bits per heavy atom. The van der Waals surface area contributed by atoms with Gasteiger partial charge in [-0.15, -0.1) is 0 Å². The van der Waals surface area contributed by atoms with Gasteiger partial charge in [-0.3, -0.25) is 9.78 Å². The van der Waals surface area contributed by atoms with Gasteiger partial charge in [-0.05, 0) is 62.1 Å². The molecule has 144 valence electrons. The highest BCUT2D eigenvalue weighted by Crippen LogP contribution is 2.22. The summed E-state index contributed by atoms with van der Waals surface area (Å²) in [5.74, 6) is 1.05. The van der Waals surface area contributed by atoms with Gasteiger partial charge in [0.15, 0.2) is 0 Å². The Morgan fingerprint density at radius 3 is 2.57 bits per heavy atom. The summed E-state index contributed by atoms with van der Waals surface area (Å²) in [4.78, 5) is 27.3. The molecule has 1 amide bonds. The van der Waals surface area contributed by atoms with Crippen molar-refractivity contribution in [3.8, 4) is 0 Å². The molecule has 0 bridgehead atoms. The molecule has 1 aromatic carbocycles. The van der Waals surface area contributed by atoms with Gasteiger partial charge in [-0.25, -0.2) is 9.97 Å².